The van der Waals surface area contributed by atoms with E-state index in [-0.39, 0.29) is 5.97 Å². The van der Waals surface area contributed by atoms with Crippen molar-refractivity contribution in [3.8, 4) is 11.3 Å². The topological polar surface area (TPSA) is 39.2 Å². The minimum atomic E-state index is -0.307. The normalized spacial score (nSPS) is 10.5. The summed E-state index contributed by atoms with van der Waals surface area (Å²) in [5.74, 6) is -0.307. The molecule has 0 aliphatic rings. The number of aromatic nitrogens is 1. The monoisotopic (exact) mass is 331 g/mol. The van der Waals surface area contributed by atoms with E-state index >= 15 is 0 Å². The number of rotatable bonds is 5. The maximum absolute atomic E-state index is 12.5. The average molecular weight is 331 g/mol. The molecule has 3 rings (SSSR count). The second kappa shape index (κ2) is 7.75. The highest BCUT2D eigenvalue weighted by atomic mass is 16.5. The van der Waals surface area contributed by atoms with Gasteiger partial charge < -0.3 is 4.74 Å². The molecule has 0 radical (unpaired) electrons. The van der Waals surface area contributed by atoms with Crippen molar-refractivity contribution in [2.24, 2.45) is 0 Å². The van der Waals surface area contributed by atoms with Crippen LogP contribution in [0.5, 0.6) is 0 Å². The maximum Gasteiger partial charge on any atom is 0.340 e. The van der Waals surface area contributed by atoms with Crippen LogP contribution in [0.25, 0.3) is 11.3 Å². The van der Waals surface area contributed by atoms with Crippen molar-refractivity contribution in [2.75, 3.05) is 6.61 Å². The Hall–Kier alpha value is -2.94. The van der Waals surface area contributed by atoms with Crippen LogP contribution < -0.4 is 0 Å². The van der Waals surface area contributed by atoms with Gasteiger partial charge in [0.1, 0.15) is 0 Å². The van der Waals surface area contributed by atoms with Crippen molar-refractivity contribution in [3.05, 3.63) is 89.1 Å². The standard InChI is InChI=1S/C22H21NO2/c1-3-25-22(24)21-16(2)14-19(18-12-8-5-9-13-18)23-20(21)15-17-10-6-4-7-11-17/h4-14H,3,15H2,1-2H3. The summed E-state index contributed by atoms with van der Waals surface area (Å²) >= 11 is 0. The lowest BCUT2D eigenvalue weighted by Crippen LogP contribution is -2.13. The van der Waals surface area contributed by atoms with Crippen molar-refractivity contribution in [1.29, 1.82) is 0 Å². The molecule has 0 N–H and O–H groups in total. The molecule has 3 nitrogen and oxygen atoms in total. The zero-order valence-corrected chi connectivity index (χ0v) is 14.5. The molecule has 0 amide bonds. The second-order valence-electron chi connectivity index (χ2n) is 5.89. The Balaban J connectivity index is 2.10. The van der Waals surface area contributed by atoms with Gasteiger partial charge in [0.15, 0.2) is 0 Å². The van der Waals surface area contributed by atoms with E-state index in [9.17, 15) is 4.79 Å². The number of aryl methyl sites for hydroxylation is 1. The molecule has 0 unspecified atom stereocenters. The van der Waals surface area contributed by atoms with Gasteiger partial charge in [0, 0.05) is 12.0 Å². The van der Waals surface area contributed by atoms with E-state index < -0.39 is 0 Å². The van der Waals surface area contributed by atoms with Crippen molar-refractivity contribution >= 4 is 5.97 Å². The zero-order chi connectivity index (χ0) is 17.6. The number of nitrogens with zero attached hydrogens (tertiary/aromatic N) is 1. The van der Waals surface area contributed by atoms with Gasteiger partial charge in [0.2, 0.25) is 0 Å². The van der Waals surface area contributed by atoms with Gasteiger partial charge >= 0.3 is 5.97 Å². The molecule has 0 spiro atoms. The second-order valence-corrected chi connectivity index (χ2v) is 5.89. The molecular formula is C22H21NO2. The summed E-state index contributed by atoms with van der Waals surface area (Å²) in [7, 11) is 0. The number of hydrogen-bond acceptors (Lipinski definition) is 3. The van der Waals surface area contributed by atoms with Crippen LogP contribution in [0, 0.1) is 6.92 Å². The molecule has 1 aromatic heterocycles. The third-order valence-electron chi connectivity index (χ3n) is 4.06. The molecule has 1 heterocycles. The summed E-state index contributed by atoms with van der Waals surface area (Å²) in [6, 6.07) is 22.0. The lowest BCUT2D eigenvalue weighted by molar-refractivity contribution is 0.0524. The number of carbonyl (C=O) groups excluding carboxylic acids is 1. The number of benzene rings is 2. The molecule has 0 aliphatic carbocycles. The molecule has 3 heteroatoms. The molecular weight excluding hydrogens is 310 g/mol. The minimum Gasteiger partial charge on any atom is -0.462 e. The van der Waals surface area contributed by atoms with Crippen LogP contribution >= 0.6 is 0 Å². The lowest BCUT2D eigenvalue weighted by Gasteiger charge is -2.14. The number of ether oxygens (including phenoxy) is 1. The lowest BCUT2D eigenvalue weighted by atomic mass is 9.99. The van der Waals surface area contributed by atoms with Gasteiger partial charge in [0.05, 0.1) is 23.6 Å². The number of hydrogen-bond donors (Lipinski definition) is 0. The van der Waals surface area contributed by atoms with Gasteiger partial charge in [-0.15, -0.1) is 0 Å². The van der Waals surface area contributed by atoms with Gasteiger partial charge in [-0.2, -0.15) is 0 Å². The first kappa shape index (κ1) is 16.9. The summed E-state index contributed by atoms with van der Waals surface area (Å²) in [4.78, 5) is 17.3. The molecule has 0 fully saturated rings. The molecule has 126 valence electrons. The first-order valence-electron chi connectivity index (χ1n) is 8.46. The summed E-state index contributed by atoms with van der Waals surface area (Å²) in [6.07, 6.45) is 0.594. The Morgan fingerprint density at radius 2 is 1.64 bits per heavy atom. The molecule has 3 aromatic rings. The van der Waals surface area contributed by atoms with Gasteiger partial charge in [0.25, 0.3) is 0 Å². The zero-order valence-electron chi connectivity index (χ0n) is 14.5. The molecule has 25 heavy (non-hydrogen) atoms. The van der Waals surface area contributed by atoms with Gasteiger partial charge in [-0.3, -0.25) is 4.98 Å². The van der Waals surface area contributed by atoms with Crippen LogP contribution in [-0.2, 0) is 11.2 Å². The van der Waals surface area contributed by atoms with Crippen LogP contribution in [0.1, 0.15) is 34.1 Å². The fraction of sp³-hybridized carbons (Fsp3) is 0.182. The molecule has 2 aromatic carbocycles. The van der Waals surface area contributed by atoms with Crippen LogP contribution in [-0.4, -0.2) is 17.6 Å². The van der Waals surface area contributed by atoms with E-state index in [0.717, 1.165) is 28.1 Å². The molecule has 0 saturated heterocycles. The predicted octanol–water partition coefficient (Wildman–Crippen LogP) is 4.82. The highest BCUT2D eigenvalue weighted by molar-refractivity contribution is 5.93. The van der Waals surface area contributed by atoms with Crippen molar-refractivity contribution in [3.63, 3.8) is 0 Å². The van der Waals surface area contributed by atoms with E-state index in [1.807, 2.05) is 80.6 Å². The summed E-state index contributed by atoms with van der Waals surface area (Å²) in [5, 5.41) is 0. The quantitative estimate of drug-likeness (QED) is 0.629. The Labute approximate surface area is 148 Å². The van der Waals surface area contributed by atoms with Crippen molar-refractivity contribution in [1.82, 2.24) is 4.98 Å². The van der Waals surface area contributed by atoms with E-state index in [0.29, 0.717) is 18.6 Å². The van der Waals surface area contributed by atoms with E-state index in [2.05, 4.69) is 0 Å². The Morgan fingerprint density at radius 3 is 2.28 bits per heavy atom. The van der Waals surface area contributed by atoms with Crippen LogP contribution in [0.15, 0.2) is 66.7 Å². The molecule has 0 aliphatic heterocycles. The third-order valence-corrected chi connectivity index (χ3v) is 4.06. The third kappa shape index (κ3) is 3.94. The number of esters is 1. The van der Waals surface area contributed by atoms with Gasteiger partial charge in [-0.25, -0.2) is 4.79 Å². The number of pyridine rings is 1. The van der Waals surface area contributed by atoms with Crippen LogP contribution in [0.2, 0.25) is 0 Å². The molecule has 0 bridgehead atoms. The van der Waals surface area contributed by atoms with Crippen LogP contribution in [0.4, 0.5) is 0 Å². The van der Waals surface area contributed by atoms with Gasteiger partial charge in [-0.1, -0.05) is 60.7 Å². The van der Waals surface area contributed by atoms with E-state index in [1.54, 1.807) is 0 Å². The van der Waals surface area contributed by atoms with Crippen molar-refractivity contribution in [2.45, 2.75) is 20.3 Å². The van der Waals surface area contributed by atoms with Crippen LogP contribution in [0.3, 0.4) is 0 Å². The van der Waals surface area contributed by atoms with E-state index in [1.165, 1.54) is 0 Å². The Kier molecular flexibility index (Phi) is 5.24. The maximum atomic E-state index is 12.5. The highest BCUT2D eigenvalue weighted by Gasteiger charge is 2.19. The predicted molar refractivity (Wildman–Crippen MR) is 99.6 cm³/mol. The van der Waals surface area contributed by atoms with Crippen molar-refractivity contribution < 1.29 is 9.53 Å². The average Bonchev–Trinajstić information content (AvgIpc) is 2.63. The summed E-state index contributed by atoms with van der Waals surface area (Å²) < 4.78 is 5.25. The molecule has 0 saturated carbocycles. The van der Waals surface area contributed by atoms with E-state index in [4.69, 9.17) is 9.72 Å². The summed E-state index contributed by atoms with van der Waals surface area (Å²) in [6.45, 7) is 4.11. The first-order chi connectivity index (χ1) is 12.2. The summed E-state index contributed by atoms with van der Waals surface area (Å²) in [5.41, 5.74) is 5.24. The number of carbonyl (C=O) groups is 1. The largest absolute Gasteiger partial charge is 0.462 e. The Bertz CT molecular complexity index is 858. The SMILES string of the molecule is CCOC(=O)c1c(C)cc(-c2ccccc2)nc1Cc1ccccc1. The fourth-order valence-corrected chi connectivity index (χ4v) is 2.89. The first-order valence-corrected chi connectivity index (χ1v) is 8.46. The van der Waals surface area contributed by atoms with Gasteiger partial charge in [-0.05, 0) is 31.0 Å². The molecule has 0 atom stereocenters. The highest BCUT2D eigenvalue weighted by Crippen LogP contribution is 2.24. The Morgan fingerprint density at radius 1 is 1.00 bits per heavy atom. The fourth-order valence-electron chi connectivity index (χ4n) is 2.89. The minimum absolute atomic E-state index is 0.307. The smallest absolute Gasteiger partial charge is 0.340 e.